The van der Waals surface area contributed by atoms with Crippen molar-refractivity contribution in [1.29, 1.82) is 5.26 Å². The SMILES string of the molecule is CC(=O)OCC(C#N)(OC(C)=O)O[Si](C)(C)C. The fourth-order valence-corrected chi connectivity index (χ4v) is 2.22. The molecule has 0 aliphatic carbocycles. The molecule has 0 heterocycles. The number of nitriles is 1. The highest BCUT2D eigenvalue weighted by atomic mass is 28.4. The molecule has 0 radical (unpaired) electrons. The second-order valence-corrected chi connectivity index (χ2v) is 8.88. The summed E-state index contributed by atoms with van der Waals surface area (Å²) in [4.78, 5) is 21.7. The van der Waals surface area contributed by atoms with Crippen LogP contribution in [-0.4, -0.2) is 32.6 Å². The molecule has 0 aromatic carbocycles. The number of esters is 2. The minimum Gasteiger partial charge on any atom is -0.458 e. The molecular weight excluding hydrogens is 242 g/mol. The van der Waals surface area contributed by atoms with Gasteiger partial charge in [-0.05, 0) is 19.6 Å². The Hall–Kier alpha value is -1.39. The monoisotopic (exact) mass is 259 g/mol. The molecule has 96 valence electrons. The van der Waals surface area contributed by atoms with E-state index < -0.39 is 32.6 Å². The van der Waals surface area contributed by atoms with Crippen LogP contribution in [0.3, 0.4) is 0 Å². The number of nitrogens with zero attached hydrogens (tertiary/aromatic N) is 1. The van der Waals surface area contributed by atoms with E-state index in [0.717, 1.165) is 6.92 Å². The van der Waals surface area contributed by atoms with Crippen molar-refractivity contribution in [3.63, 3.8) is 0 Å². The average molecular weight is 259 g/mol. The Morgan fingerprint density at radius 1 is 1.24 bits per heavy atom. The smallest absolute Gasteiger partial charge is 0.328 e. The van der Waals surface area contributed by atoms with E-state index in [9.17, 15) is 9.59 Å². The molecule has 0 aliphatic rings. The Bertz CT molecular complexity index is 344. The minimum atomic E-state index is -2.14. The standard InChI is InChI=1S/C10H17NO5Si/c1-8(12)14-7-10(6-11,15-9(2)13)16-17(3,4)5/h7H2,1-5H3. The second kappa shape index (κ2) is 5.79. The van der Waals surface area contributed by atoms with Crippen LogP contribution >= 0.6 is 0 Å². The Morgan fingerprint density at radius 3 is 2.06 bits per heavy atom. The molecule has 0 saturated heterocycles. The van der Waals surface area contributed by atoms with Crippen molar-refractivity contribution in [2.45, 2.75) is 39.3 Å². The number of carbonyl (C=O) groups excluding carboxylic acids is 2. The van der Waals surface area contributed by atoms with Crippen molar-refractivity contribution in [3.05, 3.63) is 0 Å². The lowest BCUT2D eigenvalue weighted by atomic mass is 10.3. The molecule has 0 amide bonds. The third kappa shape index (κ3) is 6.71. The molecule has 0 N–H and O–H groups in total. The van der Waals surface area contributed by atoms with Gasteiger partial charge in [-0.15, -0.1) is 0 Å². The predicted octanol–water partition coefficient (Wildman–Crippen LogP) is 1.18. The molecule has 1 atom stereocenters. The highest BCUT2D eigenvalue weighted by Crippen LogP contribution is 2.20. The molecule has 0 spiro atoms. The largest absolute Gasteiger partial charge is 0.458 e. The molecule has 0 rings (SSSR count). The average Bonchev–Trinajstić information content (AvgIpc) is 2.11. The van der Waals surface area contributed by atoms with Crippen LogP contribution in [0.2, 0.25) is 19.6 Å². The fourth-order valence-electron chi connectivity index (χ4n) is 1.08. The molecule has 6 nitrogen and oxygen atoms in total. The van der Waals surface area contributed by atoms with E-state index in [-0.39, 0.29) is 0 Å². The van der Waals surface area contributed by atoms with Gasteiger partial charge in [-0.25, -0.2) is 0 Å². The lowest BCUT2D eigenvalue weighted by molar-refractivity contribution is -0.197. The van der Waals surface area contributed by atoms with Gasteiger partial charge in [-0.2, -0.15) is 5.26 Å². The van der Waals surface area contributed by atoms with Crippen LogP contribution in [0.15, 0.2) is 0 Å². The van der Waals surface area contributed by atoms with Crippen LogP contribution in [0.4, 0.5) is 0 Å². The van der Waals surface area contributed by atoms with Crippen LogP contribution in [0.1, 0.15) is 13.8 Å². The van der Waals surface area contributed by atoms with Gasteiger partial charge in [-0.1, -0.05) is 0 Å². The molecule has 0 saturated carbocycles. The first kappa shape index (κ1) is 15.6. The van der Waals surface area contributed by atoms with Crippen molar-refractivity contribution in [2.24, 2.45) is 0 Å². The maximum absolute atomic E-state index is 11.0. The topological polar surface area (TPSA) is 85.6 Å². The van der Waals surface area contributed by atoms with Gasteiger partial charge in [-0.3, -0.25) is 9.59 Å². The third-order valence-corrected chi connectivity index (χ3v) is 2.36. The molecule has 0 fully saturated rings. The summed E-state index contributed by atoms with van der Waals surface area (Å²) in [7, 11) is -2.14. The highest BCUT2D eigenvalue weighted by molar-refractivity contribution is 6.69. The van der Waals surface area contributed by atoms with E-state index in [1.807, 2.05) is 19.6 Å². The lowest BCUT2D eigenvalue weighted by Crippen LogP contribution is -2.48. The van der Waals surface area contributed by atoms with E-state index in [4.69, 9.17) is 19.2 Å². The van der Waals surface area contributed by atoms with E-state index >= 15 is 0 Å². The van der Waals surface area contributed by atoms with Gasteiger partial charge in [0.2, 0.25) is 0 Å². The van der Waals surface area contributed by atoms with Crippen molar-refractivity contribution in [1.82, 2.24) is 0 Å². The van der Waals surface area contributed by atoms with E-state index in [1.54, 1.807) is 6.07 Å². The number of rotatable bonds is 5. The van der Waals surface area contributed by atoms with E-state index in [1.165, 1.54) is 6.92 Å². The van der Waals surface area contributed by atoms with Gasteiger partial charge >= 0.3 is 17.7 Å². The zero-order valence-electron chi connectivity index (χ0n) is 10.7. The molecule has 7 heteroatoms. The van der Waals surface area contributed by atoms with Gasteiger partial charge in [0.05, 0.1) is 0 Å². The Balaban J connectivity index is 4.95. The quantitative estimate of drug-likeness (QED) is 0.419. The first-order valence-corrected chi connectivity index (χ1v) is 8.45. The molecule has 0 aromatic rings. The molecule has 17 heavy (non-hydrogen) atoms. The van der Waals surface area contributed by atoms with E-state index in [2.05, 4.69) is 0 Å². The summed E-state index contributed by atoms with van der Waals surface area (Å²) in [5.74, 6) is -3.09. The normalized spacial score (nSPS) is 14.4. The van der Waals surface area contributed by atoms with Crippen LogP contribution in [-0.2, 0) is 23.5 Å². The lowest BCUT2D eigenvalue weighted by Gasteiger charge is -2.31. The molecular formula is C10H17NO5Si. The van der Waals surface area contributed by atoms with Crippen molar-refractivity contribution >= 4 is 20.3 Å². The summed E-state index contributed by atoms with van der Waals surface area (Å²) in [5.41, 5.74) is 0. The van der Waals surface area contributed by atoms with Gasteiger partial charge in [0, 0.05) is 13.8 Å². The first-order chi connectivity index (χ1) is 7.60. The van der Waals surface area contributed by atoms with Crippen molar-refractivity contribution < 1.29 is 23.5 Å². The number of hydrogen-bond acceptors (Lipinski definition) is 6. The van der Waals surface area contributed by atoms with Gasteiger partial charge in [0.15, 0.2) is 14.9 Å². The van der Waals surface area contributed by atoms with Crippen molar-refractivity contribution in [2.75, 3.05) is 6.61 Å². The fraction of sp³-hybridized carbons (Fsp3) is 0.700. The summed E-state index contributed by atoms with van der Waals surface area (Å²) >= 11 is 0. The number of carbonyl (C=O) groups is 2. The van der Waals surface area contributed by atoms with Crippen molar-refractivity contribution in [3.8, 4) is 6.07 Å². The Kier molecular flexibility index (Phi) is 5.32. The van der Waals surface area contributed by atoms with Crippen LogP contribution in [0, 0.1) is 11.3 Å². The Labute approximate surface area is 102 Å². The van der Waals surface area contributed by atoms with Gasteiger partial charge in [0.1, 0.15) is 6.07 Å². The van der Waals surface area contributed by atoms with Crippen LogP contribution in [0.25, 0.3) is 0 Å². The van der Waals surface area contributed by atoms with Crippen LogP contribution in [0.5, 0.6) is 0 Å². The van der Waals surface area contributed by atoms with E-state index in [0.29, 0.717) is 0 Å². The molecule has 1 unspecified atom stereocenters. The first-order valence-electron chi connectivity index (χ1n) is 5.04. The third-order valence-electron chi connectivity index (χ3n) is 1.42. The summed E-state index contributed by atoms with van der Waals surface area (Å²) in [5, 5.41) is 9.08. The predicted molar refractivity (Wildman–Crippen MR) is 61.2 cm³/mol. The summed E-state index contributed by atoms with van der Waals surface area (Å²) in [6.07, 6.45) is 0. The maximum atomic E-state index is 11.0. The number of hydrogen-bond donors (Lipinski definition) is 0. The number of ether oxygens (including phenoxy) is 2. The summed E-state index contributed by atoms with van der Waals surface area (Å²) < 4.78 is 15.0. The Morgan fingerprint density at radius 2 is 1.76 bits per heavy atom. The second-order valence-electron chi connectivity index (χ2n) is 4.45. The maximum Gasteiger partial charge on any atom is 0.328 e. The zero-order chi connectivity index (χ0) is 13.7. The molecule has 0 aromatic heterocycles. The van der Waals surface area contributed by atoms with Gasteiger partial charge < -0.3 is 13.9 Å². The molecule has 0 aliphatic heterocycles. The highest BCUT2D eigenvalue weighted by Gasteiger charge is 2.41. The molecule has 0 bridgehead atoms. The summed E-state index contributed by atoms with van der Waals surface area (Å²) in [6, 6.07) is 1.75. The van der Waals surface area contributed by atoms with Crippen LogP contribution < -0.4 is 0 Å². The summed E-state index contributed by atoms with van der Waals surface area (Å²) in [6.45, 7) is 7.42. The minimum absolute atomic E-state index is 0.428. The van der Waals surface area contributed by atoms with Gasteiger partial charge in [0.25, 0.3) is 0 Å². The zero-order valence-corrected chi connectivity index (χ0v) is 11.7.